The maximum atomic E-state index is 12.7. The number of hydrogen-bond acceptors (Lipinski definition) is 4. The van der Waals surface area contributed by atoms with Gasteiger partial charge in [-0.3, -0.25) is 9.59 Å². The summed E-state index contributed by atoms with van der Waals surface area (Å²) in [4.78, 5) is 42.6. The molecule has 1 aliphatic heterocycles. The van der Waals surface area contributed by atoms with Gasteiger partial charge >= 0.3 is 5.97 Å². The van der Waals surface area contributed by atoms with Crippen molar-refractivity contribution in [1.82, 2.24) is 9.63 Å². The first-order chi connectivity index (χ1) is 13.1. The maximum absolute atomic E-state index is 12.7. The molecule has 0 aliphatic carbocycles. The van der Waals surface area contributed by atoms with Crippen LogP contribution in [0.5, 0.6) is 0 Å². The number of nitrogens with zero attached hydrogens (tertiary/aromatic N) is 2. The van der Waals surface area contributed by atoms with Gasteiger partial charge < -0.3 is 9.40 Å². The molecule has 2 amide bonds. The van der Waals surface area contributed by atoms with Gasteiger partial charge in [-0.15, -0.1) is 0 Å². The monoisotopic (exact) mass is 360 g/mol. The maximum Gasteiger partial charge on any atom is 0.380 e. The van der Waals surface area contributed by atoms with E-state index in [9.17, 15) is 14.4 Å². The van der Waals surface area contributed by atoms with E-state index in [0.717, 1.165) is 5.56 Å². The van der Waals surface area contributed by atoms with Crippen LogP contribution in [-0.4, -0.2) is 27.4 Å². The summed E-state index contributed by atoms with van der Waals surface area (Å²) in [6.45, 7) is 1.95. The Morgan fingerprint density at radius 3 is 2.07 bits per heavy atom. The standard InChI is InChI=1S/C21H16N2O4/c1-14(15-8-3-2-4-9-15)22-13-7-12-18(22)21(26)27-23-19(24)16-10-5-6-11-17(16)20(23)25/h2-14H,1H3/t14-/m0/s1. The van der Waals surface area contributed by atoms with Crippen molar-refractivity contribution in [2.75, 3.05) is 0 Å². The second kappa shape index (κ2) is 6.57. The summed E-state index contributed by atoms with van der Waals surface area (Å²) in [6.07, 6.45) is 1.76. The zero-order valence-corrected chi connectivity index (χ0v) is 14.5. The van der Waals surface area contributed by atoms with Crippen molar-refractivity contribution < 1.29 is 19.2 Å². The van der Waals surface area contributed by atoms with Crippen molar-refractivity contribution in [3.8, 4) is 0 Å². The molecule has 6 heteroatoms. The quantitative estimate of drug-likeness (QED) is 0.668. The number of aromatic nitrogens is 1. The molecule has 2 aromatic carbocycles. The molecule has 0 N–H and O–H groups in total. The van der Waals surface area contributed by atoms with Crippen molar-refractivity contribution >= 4 is 17.8 Å². The van der Waals surface area contributed by atoms with Crippen molar-refractivity contribution in [1.29, 1.82) is 0 Å². The van der Waals surface area contributed by atoms with Crippen molar-refractivity contribution in [2.24, 2.45) is 0 Å². The molecule has 3 aromatic rings. The molecule has 27 heavy (non-hydrogen) atoms. The lowest BCUT2D eigenvalue weighted by atomic mass is 10.1. The molecule has 6 nitrogen and oxygen atoms in total. The Bertz CT molecular complexity index is 1000. The Balaban J connectivity index is 1.58. The highest BCUT2D eigenvalue weighted by Crippen LogP contribution is 2.25. The van der Waals surface area contributed by atoms with E-state index >= 15 is 0 Å². The number of hydroxylamine groups is 2. The number of carbonyl (C=O) groups excluding carboxylic acids is 3. The smallest absolute Gasteiger partial charge is 0.335 e. The van der Waals surface area contributed by atoms with Crippen LogP contribution in [0.4, 0.5) is 0 Å². The molecule has 0 radical (unpaired) electrons. The van der Waals surface area contributed by atoms with E-state index in [-0.39, 0.29) is 22.9 Å². The fourth-order valence-corrected chi connectivity index (χ4v) is 3.18. The third-order valence-electron chi connectivity index (χ3n) is 4.62. The van der Waals surface area contributed by atoms with E-state index in [0.29, 0.717) is 5.06 Å². The minimum Gasteiger partial charge on any atom is -0.335 e. The third-order valence-corrected chi connectivity index (χ3v) is 4.62. The van der Waals surface area contributed by atoms with Crippen LogP contribution in [0.2, 0.25) is 0 Å². The van der Waals surface area contributed by atoms with Gasteiger partial charge in [0.1, 0.15) is 5.69 Å². The number of hydrogen-bond donors (Lipinski definition) is 0. The second-order valence-electron chi connectivity index (χ2n) is 6.22. The Morgan fingerprint density at radius 1 is 0.852 bits per heavy atom. The number of amides is 2. The molecule has 1 atom stereocenters. The largest absolute Gasteiger partial charge is 0.380 e. The lowest BCUT2D eigenvalue weighted by Crippen LogP contribution is -2.33. The fraction of sp³-hybridized carbons (Fsp3) is 0.0952. The summed E-state index contributed by atoms with van der Waals surface area (Å²) < 4.78 is 1.75. The Kier molecular flexibility index (Phi) is 4.08. The molecule has 4 rings (SSSR count). The molecule has 2 heterocycles. The van der Waals surface area contributed by atoms with Crippen molar-refractivity contribution in [3.05, 3.63) is 95.3 Å². The highest BCUT2D eigenvalue weighted by atomic mass is 16.7. The number of benzene rings is 2. The Morgan fingerprint density at radius 2 is 1.44 bits per heavy atom. The summed E-state index contributed by atoms with van der Waals surface area (Å²) in [5.41, 5.74) is 1.72. The van der Waals surface area contributed by atoms with Gasteiger partial charge in [0.15, 0.2) is 0 Å². The summed E-state index contributed by atoms with van der Waals surface area (Å²) in [5.74, 6) is -2.05. The van der Waals surface area contributed by atoms with Gasteiger partial charge in [-0.1, -0.05) is 47.5 Å². The lowest BCUT2D eigenvalue weighted by Gasteiger charge is -2.18. The van der Waals surface area contributed by atoms with Crippen LogP contribution in [0.25, 0.3) is 0 Å². The molecule has 1 aromatic heterocycles. The topological polar surface area (TPSA) is 68.6 Å². The van der Waals surface area contributed by atoms with Gasteiger partial charge in [0, 0.05) is 6.20 Å². The van der Waals surface area contributed by atoms with E-state index < -0.39 is 17.8 Å². The van der Waals surface area contributed by atoms with E-state index in [2.05, 4.69) is 0 Å². The molecule has 134 valence electrons. The van der Waals surface area contributed by atoms with E-state index in [4.69, 9.17) is 4.84 Å². The first kappa shape index (κ1) is 16.8. The molecule has 0 fully saturated rings. The predicted molar refractivity (Wildman–Crippen MR) is 97.0 cm³/mol. The molecule has 0 spiro atoms. The minimum absolute atomic E-state index is 0.120. The summed E-state index contributed by atoms with van der Waals surface area (Å²) in [5, 5.41) is 0.525. The van der Waals surface area contributed by atoms with Gasteiger partial charge in [0.2, 0.25) is 0 Å². The number of carbonyl (C=O) groups is 3. The molecule has 1 aliphatic rings. The molecular weight excluding hydrogens is 344 g/mol. The van der Waals surface area contributed by atoms with Crippen LogP contribution in [0.3, 0.4) is 0 Å². The molecule has 0 saturated carbocycles. The van der Waals surface area contributed by atoms with Crippen LogP contribution >= 0.6 is 0 Å². The Hall–Kier alpha value is -3.67. The average Bonchev–Trinajstić information content (AvgIpc) is 3.28. The third kappa shape index (κ3) is 2.81. The predicted octanol–water partition coefficient (Wildman–Crippen LogP) is 3.47. The SMILES string of the molecule is C[C@@H](c1ccccc1)n1cccc1C(=O)ON1C(=O)c2ccccc2C1=O. The van der Waals surface area contributed by atoms with Crippen molar-refractivity contribution in [3.63, 3.8) is 0 Å². The van der Waals surface area contributed by atoms with Crippen LogP contribution in [-0.2, 0) is 4.84 Å². The Labute approximate surface area is 155 Å². The van der Waals surface area contributed by atoms with Crippen LogP contribution < -0.4 is 0 Å². The van der Waals surface area contributed by atoms with Gasteiger partial charge in [-0.2, -0.15) is 0 Å². The number of rotatable bonds is 4. The second-order valence-corrected chi connectivity index (χ2v) is 6.22. The lowest BCUT2D eigenvalue weighted by molar-refractivity contribution is -0.0591. The molecule has 0 bridgehead atoms. The normalized spacial score (nSPS) is 14.2. The summed E-state index contributed by atoms with van der Waals surface area (Å²) in [7, 11) is 0. The minimum atomic E-state index is -0.766. The molecule has 0 unspecified atom stereocenters. The molecule has 0 saturated heterocycles. The van der Waals surface area contributed by atoms with E-state index in [1.54, 1.807) is 35.0 Å². The van der Waals surface area contributed by atoms with E-state index in [1.165, 1.54) is 12.1 Å². The van der Waals surface area contributed by atoms with Crippen molar-refractivity contribution in [2.45, 2.75) is 13.0 Å². The highest BCUT2D eigenvalue weighted by molar-refractivity contribution is 6.21. The van der Waals surface area contributed by atoms with Crippen LogP contribution in [0, 0.1) is 0 Å². The highest BCUT2D eigenvalue weighted by Gasteiger charge is 2.39. The average molecular weight is 360 g/mol. The van der Waals surface area contributed by atoms with Gasteiger partial charge in [0.05, 0.1) is 17.2 Å². The first-order valence-corrected chi connectivity index (χ1v) is 8.50. The van der Waals surface area contributed by atoms with Gasteiger partial charge in [-0.25, -0.2) is 4.79 Å². The fourth-order valence-electron chi connectivity index (χ4n) is 3.18. The van der Waals surface area contributed by atoms with Crippen LogP contribution in [0.15, 0.2) is 72.9 Å². The first-order valence-electron chi connectivity index (χ1n) is 8.50. The molecular formula is C21H16N2O4. The van der Waals surface area contributed by atoms with Gasteiger partial charge in [-0.05, 0) is 36.8 Å². The number of fused-ring (bicyclic) bond motifs is 1. The summed E-state index contributed by atoms with van der Waals surface area (Å²) in [6, 6.07) is 19.3. The number of imide groups is 1. The summed E-state index contributed by atoms with van der Waals surface area (Å²) >= 11 is 0. The van der Waals surface area contributed by atoms with Crippen LogP contribution in [0.1, 0.15) is 49.7 Å². The zero-order chi connectivity index (χ0) is 19.0. The zero-order valence-electron chi connectivity index (χ0n) is 14.5. The van der Waals surface area contributed by atoms with E-state index in [1.807, 2.05) is 37.3 Å². The van der Waals surface area contributed by atoms with Gasteiger partial charge in [0.25, 0.3) is 11.8 Å².